The number of anilines is 3. The first-order valence-electron chi connectivity index (χ1n) is 22.6. The van der Waals surface area contributed by atoms with Gasteiger partial charge in [-0.25, -0.2) is 0 Å². The summed E-state index contributed by atoms with van der Waals surface area (Å²) < 4.78 is 2.67. The van der Waals surface area contributed by atoms with Crippen LogP contribution in [0.3, 0.4) is 0 Å². The Balaban J connectivity index is 0.992. The number of hydrogen-bond donors (Lipinski definition) is 0. The minimum absolute atomic E-state index is 0.0551. The molecule has 14 rings (SSSR count). The van der Waals surface area contributed by atoms with Gasteiger partial charge in [-0.05, 0) is 148 Å². The van der Waals surface area contributed by atoms with Gasteiger partial charge in [-0.2, -0.15) is 0 Å². The standard InChI is InChI=1S/C59H49NS/c1-58(2)50-20-8-9-21-52(50)59(41-32-37-31-38(34-41)35-42(59)33-37)53-36-44(29-30-51(53)58)60(54-22-11-14-39-13-3-4-16-46(39)54)43-27-25-40(26-28-43)45-15-5-6-17-47(45)48-19-12-24-56-57(48)49-18-7-10-23-55(49)61-56/h3-30,36-38,41-42H,31-35H2,1-2H3. The van der Waals surface area contributed by atoms with E-state index < -0.39 is 0 Å². The van der Waals surface area contributed by atoms with Crippen LogP contribution in [0.4, 0.5) is 17.1 Å². The Labute approximate surface area is 363 Å². The minimum atomic E-state index is -0.0800. The lowest BCUT2D eigenvalue weighted by molar-refractivity contribution is -0.0443. The molecule has 0 radical (unpaired) electrons. The molecule has 4 bridgehead atoms. The molecule has 5 aliphatic carbocycles. The van der Waals surface area contributed by atoms with Gasteiger partial charge in [0.1, 0.15) is 0 Å². The normalized spacial score (nSPS) is 23.1. The van der Waals surface area contributed by atoms with Crippen LogP contribution >= 0.6 is 11.3 Å². The number of benzene rings is 8. The van der Waals surface area contributed by atoms with Crippen LogP contribution in [0.15, 0.2) is 176 Å². The Bertz CT molecular complexity index is 3170. The smallest absolute Gasteiger partial charge is 0.0540 e. The largest absolute Gasteiger partial charge is 0.310 e. The molecule has 1 nitrogen and oxygen atoms in total. The quantitative estimate of drug-likeness (QED) is 0.168. The molecular weight excluding hydrogens is 755 g/mol. The molecule has 61 heavy (non-hydrogen) atoms. The highest BCUT2D eigenvalue weighted by Gasteiger charge is 2.62. The number of fused-ring (bicyclic) bond motifs is 6. The van der Waals surface area contributed by atoms with Crippen molar-refractivity contribution < 1.29 is 0 Å². The second-order valence-electron chi connectivity index (χ2n) is 19.3. The highest BCUT2D eigenvalue weighted by atomic mass is 32.1. The number of thiophene rings is 1. The number of rotatable bonds is 5. The number of nitrogens with zero attached hydrogens (tertiary/aromatic N) is 1. The van der Waals surface area contributed by atoms with E-state index in [1.54, 1.807) is 16.7 Å². The average Bonchev–Trinajstić information content (AvgIpc) is 3.68. The summed E-state index contributed by atoms with van der Waals surface area (Å²) in [5.41, 5.74) is 15.0. The van der Waals surface area contributed by atoms with Crippen molar-refractivity contribution in [2.45, 2.75) is 56.8 Å². The van der Waals surface area contributed by atoms with Crippen LogP contribution in [0.5, 0.6) is 0 Å². The molecule has 1 heterocycles. The predicted molar refractivity (Wildman–Crippen MR) is 259 cm³/mol. The van der Waals surface area contributed by atoms with Crippen LogP contribution < -0.4 is 4.90 Å². The maximum Gasteiger partial charge on any atom is 0.0540 e. The van der Waals surface area contributed by atoms with E-state index in [0.29, 0.717) is 11.8 Å². The highest BCUT2D eigenvalue weighted by molar-refractivity contribution is 7.25. The van der Waals surface area contributed by atoms with E-state index in [0.717, 1.165) is 11.8 Å². The topological polar surface area (TPSA) is 3.24 Å². The molecule has 1 aromatic heterocycles. The molecule has 0 saturated heterocycles. The van der Waals surface area contributed by atoms with Crippen molar-refractivity contribution in [3.63, 3.8) is 0 Å². The van der Waals surface area contributed by atoms with Crippen molar-refractivity contribution in [1.29, 1.82) is 0 Å². The van der Waals surface area contributed by atoms with Crippen LogP contribution in [0.1, 0.15) is 68.2 Å². The van der Waals surface area contributed by atoms with Crippen LogP contribution in [-0.2, 0) is 10.8 Å². The molecule has 4 saturated carbocycles. The van der Waals surface area contributed by atoms with Gasteiger partial charge in [0.25, 0.3) is 0 Å². The molecule has 8 aromatic carbocycles. The fraction of sp³-hybridized carbons (Fsp3) is 0.220. The van der Waals surface area contributed by atoms with E-state index in [1.165, 1.54) is 108 Å². The van der Waals surface area contributed by atoms with E-state index in [-0.39, 0.29) is 10.8 Å². The van der Waals surface area contributed by atoms with E-state index in [9.17, 15) is 0 Å². The van der Waals surface area contributed by atoms with Crippen LogP contribution in [-0.4, -0.2) is 0 Å². The summed E-state index contributed by atoms with van der Waals surface area (Å²) >= 11 is 1.89. The second kappa shape index (κ2) is 13.3. The summed E-state index contributed by atoms with van der Waals surface area (Å²) in [7, 11) is 0. The van der Waals surface area contributed by atoms with Gasteiger partial charge >= 0.3 is 0 Å². The molecule has 0 N–H and O–H groups in total. The van der Waals surface area contributed by atoms with Crippen molar-refractivity contribution in [1.82, 2.24) is 0 Å². The molecular formula is C59H49NS. The third kappa shape index (κ3) is 5.12. The maximum atomic E-state index is 2.67. The Morgan fingerprint density at radius 2 is 1.05 bits per heavy atom. The van der Waals surface area contributed by atoms with Crippen LogP contribution in [0.25, 0.3) is 53.2 Å². The lowest BCUT2D eigenvalue weighted by Crippen LogP contribution is -2.58. The zero-order chi connectivity index (χ0) is 40.5. The second-order valence-corrected chi connectivity index (χ2v) is 20.4. The Morgan fingerprint density at radius 1 is 0.459 bits per heavy atom. The molecule has 9 aromatic rings. The fourth-order valence-corrected chi connectivity index (χ4v) is 14.8. The molecule has 0 atom stereocenters. The van der Waals surface area contributed by atoms with Gasteiger partial charge in [0.15, 0.2) is 0 Å². The molecule has 0 amide bonds. The minimum Gasteiger partial charge on any atom is -0.310 e. The van der Waals surface area contributed by atoms with Crippen molar-refractivity contribution in [3.8, 4) is 22.3 Å². The fourth-order valence-electron chi connectivity index (χ4n) is 13.6. The van der Waals surface area contributed by atoms with Crippen molar-refractivity contribution in [2.24, 2.45) is 23.7 Å². The van der Waals surface area contributed by atoms with E-state index in [1.807, 2.05) is 11.3 Å². The molecule has 296 valence electrons. The first kappa shape index (κ1) is 35.8. The summed E-state index contributed by atoms with van der Waals surface area (Å²) in [6.07, 6.45) is 6.95. The van der Waals surface area contributed by atoms with E-state index in [4.69, 9.17) is 0 Å². The summed E-state index contributed by atoms with van der Waals surface area (Å²) in [5.74, 6) is 3.18. The predicted octanol–water partition coefficient (Wildman–Crippen LogP) is 16.4. The van der Waals surface area contributed by atoms with Crippen LogP contribution in [0.2, 0.25) is 0 Å². The van der Waals surface area contributed by atoms with Gasteiger partial charge in [-0.15, -0.1) is 11.3 Å². The highest BCUT2D eigenvalue weighted by Crippen LogP contribution is 2.69. The Hall–Kier alpha value is -5.96. The maximum absolute atomic E-state index is 2.67. The molecule has 2 heteroatoms. The molecule has 4 fully saturated rings. The Kier molecular flexibility index (Phi) is 7.78. The van der Waals surface area contributed by atoms with Gasteiger partial charge < -0.3 is 4.90 Å². The van der Waals surface area contributed by atoms with Gasteiger partial charge in [0.05, 0.1) is 5.69 Å². The molecule has 0 aliphatic heterocycles. The van der Waals surface area contributed by atoms with Gasteiger partial charge in [-0.3, -0.25) is 0 Å². The van der Waals surface area contributed by atoms with Crippen molar-refractivity contribution in [3.05, 3.63) is 198 Å². The average molecular weight is 804 g/mol. The summed E-state index contributed by atoms with van der Waals surface area (Å²) in [4.78, 5) is 2.56. The van der Waals surface area contributed by atoms with E-state index >= 15 is 0 Å². The lowest BCUT2D eigenvalue weighted by atomic mass is 9.39. The summed E-state index contributed by atoms with van der Waals surface area (Å²) in [5, 5.41) is 5.21. The lowest BCUT2D eigenvalue weighted by Gasteiger charge is -2.64. The molecule has 5 aliphatic rings. The Morgan fingerprint density at radius 3 is 1.85 bits per heavy atom. The third-order valence-corrected chi connectivity index (χ3v) is 17.1. The first-order valence-corrected chi connectivity index (χ1v) is 23.4. The summed E-state index contributed by atoms with van der Waals surface area (Å²) in [6.45, 7) is 4.96. The molecule has 0 unspecified atom stereocenters. The van der Waals surface area contributed by atoms with Crippen LogP contribution in [0, 0.1) is 23.7 Å². The monoisotopic (exact) mass is 803 g/mol. The van der Waals surface area contributed by atoms with Gasteiger partial charge in [0, 0.05) is 47.8 Å². The van der Waals surface area contributed by atoms with Crippen molar-refractivity contribution >= 4 is 59.3 Å². The first-order chi connectivity index (χ1) is 30.0. The van der Waals surface area contributed by atoms with Gasteiger partial charge in [0.2, 0.25) is 0 Å². The van der Waals surface area contributed by atoms with E-state index in [2.05, 4.69) is 195 Å². The zero-order valence-corrected chi connectivity index (χ0v) is 35.8. The molecule has 1 spiro atoms. The third-order valence-electron chi connectivity index (χ3n) is 15.9. The zero-order valence-electron chi connectivity index (χ0n) is 34.9. The SMILES string of the molecule is CC1(C)c2ccccc2C2(c3cc(N(c4ccc(-c5ccccc5-c5cccc6sc7ccccc7c56)cc4)c4cccc5ccccc45)ccc31)C1CC3CC(C1)CC2C3. The number of hydrogen-bond acceptors (Lipinski definition) is 2. The van der Waals surface area contributed by atoms with Gasteiger partial charge in [-0.1, -0.05) is 147 Å². The van der Waals surface area contributed by atoms with Crippen molar-refractivity contribution in [2.75, 3.05) is 4.90 Å². The summed E-state index contributed by atoms with van der Waals surface area (Å²) in [6, 6.07) is 67.1.